The molecule has 0 fully saturated rings. The molecule has 0 aliphatic rings. The Hall–Kier alpha value is -2.38. The van der Waals surface area contributed by atoms with Crippen molar-refractivity contribution in [3.8, 4) is 0 Å². The highest BCUT2D eigenvalue weighted by Gasteiger charge is 2.28. The molecule has 0 bridgehead atoms. The average Bonchev–Trinajstić information content (AvgIpc) is 2.62. The van der Waals surface area contributed by atoms with E-state index in [-0.39, 0.29) is 17.3 Å². The van der Waals surface area contributed by atoms with E-state index < -0.39 is 10.0 Å². The second-order valence-corrected chi connectivity index (χ2v) is 9.13. The number of amides is 1. The number of rotatable bonds is 8. The van der Waals surface area contributed by atoms with Crippen LogP contribution in [-0.4, -0.2) is 53.0 Å². The number of aryl methyl sites for hydroxylation is 3. The number of carbonyl (C=O) groups excluding carboxylic acids is 1. The molecule has 0 unspecified atom stereocenters. The van der Waals surface area contributed by atoms with Crippen molar-refractivity contribution < 1.29 is 13.2 Å². The van der Waals surface area contributed by atoms with Gasteiger partial charge in [0.15, 0.2) is 0 Å². The number of nitrogens with zero attached hydrogens (tertiary/aromatic N) is 2. The molecular weight excluding hydrogens is 374 g/mol. The second kappa shape index (κ2) is 9.21. The third-order valence-corrected chi connectivity index (χ3v) is 6.18. The highest BCUT2D eigenvalue weighted by atomic mass is 32.2. The van der Waals surface area contributed by atoms with Crippen molar-refractivity contribution in [1.29, 1.82) is 0 Å². The van der Waals surface area contributed by atoms with E-state index in [1.54, 1.807) is 30.3 Å². The first-order valence-electron chi connectivity index (χ1n) is 9.19. The van der Waals surface area contributed by atoms with Crippen LogP contribution in [0.25, 0.3) is 0 Å². The minimum Gasteiger partial charge on any atom is -0.353 e. The van der Waals surface area contributed by atoms with E-state index in [4.69, 9.17) is 0 Å². The molecule has 28 heavy (non-hydrogen) atoms. The Bertz CT molecular complexity index is 922. The van der Waals surface area contributed by atoms with Crippen LogP contribution in [-0.2, 0) is 14.8 Å². The third kappa shape index (κ3) is 5.56. The molecule has 2 aromatic rings. The molecule has 1 N–H and O–H groups in total. The Kier molecular flexibility index (Phi) is 7.21. The molecule has 0 aliphatic carbocycles. The number of sulfonamides is 1. The van der Waals surface area contributed by atoms with Crippen molar-refractivity contribution in [3.63, 3.8) is 0 Å². The first-order chi connectivity index (χ1) is 13.1. The summed E-state index contributed by atoms with van der Waals surface area (Å²) in [5, 5.41) is 2.79. The van der Waals surface area contributed by atoms with Gasteiger partial charge < -0.3 is 10.2 Å². The molecule has 2 rings (SSSR count). The van der Waals surface area contributed by atoms with Gasteiger partial charge in [0.1, 0.15) is 6.54 Å². The standard InChI is InChI=1S/C21H29N3O3S/c1-16-7-10-19(11-8-16)28(26,27)24(15-21(25)22-12-13-23(4)5)20-14-17(2)6-9-18(20)3/h6-11,14H,12-13,15H2,1-5H3,(H,22,25). The van der Waals surface area contributed by atoms with Crippen LogP contribution in [0.15, 0.2) is 47.4 Å². The van der Waals surface area contributed by atoms with Gasteiger partial charge in [-0.05, 0) is 64.2 Å². The van der Waals surface area contributed by atoms with Gasteiger partial charge in [0.2, 0.25) is 5.91 Å². The van der Waals surface area contributed by atoms with E-state index in [2.05, 4.69) is 5.32 Å². The zero-order valence-electron chi connectivity index (χ0n) is 17.2. The maximum absolute atomic E-state index is 13.4. The fourth-order valence-electron chi connectivity index (χ4n) is 2.73. The van der Waals surface area contributed by atoms with Gasteiger partial charge in [-0.2, -0.15) is 0 Å². The number of nitrogens with one attached hydrogen (secondary N) is 1. The summed E-state index contributed by atoms with van der Waals surface area (Å²) in [6.45, 7) is 6.51. The fourth-order valence-corrected chi connectivity index (χ4v) is 4.21. The van der Waals surface area contributed by atoms with Crippen LogP contribution in [0.1, 0.15) is 16.7 Å². The monoisotopic (exact) mass is 403 g/mol. The molecule has 0 radical (unpaired) electrons. The van der Waals surface area contributed by atoms with Gasteiger partial charge in [0.05, 0.1) is 10.6 Å². The van der Waals surface area contributed by atoms with Gasteiger partial charge in [-0.15, -0.1) is 0 Å². The summed E-state index contributed by atoms with van der Waals surface area (Å²) >= 11 is 0. The number of anilines is 1. The summed E-state index contributed by atoms with van der Waals surface area (Å²) in [5.74, 6) is -0.335. The van der Waals surface area contributed by atoms with E-state index in [1.165, 1.54) is 4.31 Å². The predicted octanol–water partition coefficient (Wildman–Crippen LogP) is 2.48. The molecule has 152 valence electrons. The van der Waals surface area contributed by atoms with Crippen molar-refractivity contribution in [2.75, 3.05) is 38.0 Å². The summed E-state index contributed by atoms with van der Waals surface area (Å²) < 4.78 is 27.9. The van der Waals surface area contributed by atoms with Crippen LogP contribution in [0.3, 0.4) is 0 Å². The summed E-state index contributed by atoms with van der Waals surface area (Å²) in [5.41, 5.74) is 3.21. The van der Waals surface area contributed by atoms with Gasteiger partial charge in [-0.1, -0.05) is 29.8 Å². The molecular formula is C21H29N3O3S. The Balaban J connectivity index is 2.40. The molecule has 0 spiro atoms. The van der Waals surface area contributed by atoms with E-state index in [0.29, 0.717) is 18.8 Å². The van der Waals surface area contributed by atoms with Gasteiger partial charge in [0.25, 0.3) is 10.0 Å². The van der Waals surface area contributed by atoms with Crippen LogP contribution < -0.4 is 9.62 Å². The lowest BCUT2D eigenvalue weighted by molar-refractivity contribution is -0.119. The highest BCUT2D eigenvalue weighted by molar-refractivity contribution is 7.92. The SMILES string of the molecule is Cc1ccc(S(=O)(=O)N(CC(=O)NCCN(C)C)c2cc(C)ccc2C)cc1. The molecule has 0 atom stereocenters. The van der Waals surface area contributed by atoms with Crippen molar-refractivity contribution >= 4 is 21.6 Å². The van der Waals surface area contributed by atoms with Crippen LogP contribution in [0.5, 0.6) is 0 Å². The maximum Gasteiger partial charge on any atom is 0.264 e. The van der Waals surface area contributed by atoms with Crippen molar-refractivity contribution in [1.82, 2.24) is 10.2 Å². The number of hydrogen-bond donors (Lipinski definition) is 1. The molecule has 0 aliphatic heterocycles. The first-order valence-corrected chi connectivity index (χ1v) is 10.6. The van der Waals surface area contributed by atoms with E-state index in [0.717, 1.165) is 16.7 Å². The summed E-state index contributed by atoms with van der Waals surface area (Å²) in [7, 11) is -0.0583. The van der Waals surface area contributed by atoms with Crippen molar-refractivity contribution in [2.45, 2.75) is 25.7 Å². The topological polar surface area (TPSA) is 69.7 Å². The number of carbonyl (C=O) groups is 1. The highest BCUT2D eigenvalue weighted by Crippen LogP contribution is 2.28. The van der Waals surface area contributed by atoms with Gasteiger partial charge in [-0.25, -0.2) is 8.42 Å². The fraction of sp³-hybridized carbons (Fsp3) is 0.381. The first kappa shape index (κ1) is 21.9. The molecule has 2 aromatic carbocycles. The lowest BCUT2D eigenvalue weighted by Gasteiger charge is -2.26. The summed E-state index contributed by atoms with van der Waals surface area (Å²) in [6, 6.07) is 12.3. The minimum atomic E-state index is -3.88. The van der Waals surface area contributed by atoms with E-state index in [9.17, 15) is 13.2 Å². The number of benzene rings is 2. The smallest absolute Gasteiger partial charge is 0.264 e. The Morgan fingerprint density at radius 3 is 2.18 bits per heavy atom. The van der Waals surface area contributed by atoms with Gasteiger partial charge in [-0.3, -0.25) is 9.10 Å². The van der Waals surface area contributed by atoms with E-state index >= 15 is 0 Å². The lowest BCUT2D eigenvalue weighted by Crippen LogP contribution is -2.42. The molecule has 0 heterocycles. The molecule has 7 heteroatoms. The van der Waals surface area contributed by atoms with Gasteiger partial charge in [0, 0.05) is 13.1 Å². The van der Waals surface area contributed by atoms with Crippen LogP contribution in [0, 0.1) is 20.8 Å². The summed E-state index contributed by atoms with van der Waals surface area (Å²) in [6.07, 6.45) is 0. The molecule has 6 nitrogen and oxygen atoms in total. The van der Waals surface area contributed by atoms with Crippen LogP contribution >= 0.6 is 0 Å². The molecule has 0 saturated heterocycles. The average molecular weight is 404 g/mol. The van der Waals surface area contributed by atoms with E-state index in [1.807, 2.05) is 51.9 Å². The number of likely N-dealkylation sites (N-methyl/N-ethyl adjacent to an activating group) is 1. The molecule has 0 aromatic heterocycles. The summed E-state index contributed by atoms with van der Waals surface area (Å²) in [4.78, 5) is 14.6. The maximum atomic E-state index is 13.4. The molecule has 0 saturated carbocycles. The Labute approximate surface area is 168 Å². The van der Waals surface area contributed by atoms with Crippen LogP contribution in [0.2, 0.25) is 0 Å². The zero-order chi connectivity index (χ0) is 20.9. The normalized spacial score (nSPS) is 11.5. The third-order valence-electron chi connectivity index (χ3n) is 4.41. The Morgan fingerprint density at radius 2 is 1.57 bits per heavy atom. The largest absolute Gasteiger partial charge is 0.353 e. The number of hydrogen-bond acceptors (Lipinski definition) is 4. The van der Waals surface area contributed by atoms with Gasteiger partial charge >= 0.3 is 0 Å². The lowest BCUT2D eigenvalue weighted by atomic mass is 10.1. The van der Waals surface area contributed by atoms with Crippen molar-refractivity contribution in [3.05, 3.63) is 59.2 Å². The second-order valence-electron chi connectivity index (χ2n) is 7.27. The quantitative estimate of drug-likeness (QED) is 0.735. The van der Waals surface area contributed by atoms with Crippen molar-refractivity contribution in [2.24, 2.45) is 0 Å². The van der Waals surface area contributed by atoms with Crippen LogP contribution in [0.4, 0.5) is 5.69 Å². The zero-order valence-corrected chi connectivity index (χ0v) is 18.0. The minimum absolute atomic E-state index is 0.167. The Morgan fingerprint density at radius 1 is 0.964 bits per heavy atom. The predicted molar refractivity (Wildman–Crippen MR) is 113 cm³/mol. The molecule has 1 amide bonds.